The molecule has 0 atom stereocenters. The topological polar surface area (TPSA) is 69.2 Å². The lowest BCUT2D eigenvalue weighted by molar-refractivity contribution is 0.363. The molecule has 2 heterocycles. The molecule has 0 spiro atoms. The number of methoxy groups -OCH3 is 2. The molecule has 0 aliphatic heterocycles. The van der Waals surface area contributed by atoms with Gasteiger partial charge >= 0.3 is 0 Å². The first-order valence-electron chi connectivity index (χ1n) is 5.52. The van der Waals surface area contributed by atoms with Crippen LogP contribution in [0, 0.1) is 0 Å². The molecule has 0 bridgehead atoms. The molecule has 0 saturated heterocycles. The van der Waals surface area contributed by atoms with Gasteiger partial charge in [0, 0.05) is 0 Å². The maximum atomic E-state index is 5.20. The van der Waals surface area contributed by atoms with Crippen LogP contribution in [0.25, 0.3) is 0 Å². The third-order valence-corrected chi connectivity index (χ3v) is 2.92. The largest absolute Gasteiger partial charge is 0.481 e. The fraction of sp³-hybridized carbons (Fsp3) is 0.250. The number of hydrogen-bond donors (Lipinski definition) is 1. The zero-order valence-corrected chi connectivity index (χ0v) is 12.1. The molecular formula is C12H13BrN4O2. The molecule has 2 aromatic rings. The second-order valence-electron chi connectivity index (χ2n) is 3.59. The molecule has 6 nitrogen and oxygen atoms in total. The molecule has 2 aromatic heterocycles. The van der Waals surface area contributed by atoms with Gasteiger partial charge in [0.15, 0.2) is 0 Å². The monoisotopic (exact) mass is 324 g/mol. The van der Waals surface area contributed by atoms with Gasteiger partial charge in [-0.15, -0.1) is 0 Å². The smallest absolute Gasteiger partial charge is 0.225 e. The SMILES string of the molecule is COc1ncnc(OC)c1CNc1ccc(Br)nc1. The van der Waals surface area contributed by atoms with Crippen LogP contribution in [-0.2, 0) is 6.54 Å². The summed E-state index contributed by atoms with van der Waals surface area (Å²) >= 11 is 3.29. The third-order valence-electron chi connectivity index (χ3n) is 2.45. The molecule has 0 saturated carbocycles. The fourth-order valence-corrected chi connectivity index (χ4v) is 1.79. The van der Waals surface area contributed by atoms with Gasteiger partial charge in [0.2, 0.25) is 11.8 Å². The van der Waals surface area contributed by atoms with E-state index in [0.29, 0.717) is 18.3 Å². The number of pyridine rings is 1. The predicted molar refractivity (Wildman–Crippen MR) is 74.4 cm³/mol. The van der Waals surface area contributed by atoms with Crippen LogP contribution in [0.1, 0.15) is 5.56 Å². The maximum Gasteiger partial charge on any atom is 0.225 e. The van der Waals surface area contributed by atoms with Gasteiger partial charge in [-0.05, 0) is 28.1 Å². The highest BCUT2D eigenvalue weighted by Gasteiger charge is 2.12. The van der Waals surface area contributed by atoms with Crippen molar-refractivity contribution in [2.45, 2.75) is 6.54 Å². The molecule has 0 aromatic carbocycles. The van der Waals surface area contributed by atoms with Crippen LogP contribution in [0.5, 0.6) is 11.8 Å². The van der Waals surface area contributed by atoms with E-state index in [-0.39, 0.29) is 0 Å². The first-order valence-corrected chi connectivity index (χ1v) is 6.31. The van der Waals surface area contributed by atoms with Crippen LogP contribution in [0.2, 0.25) is 0 Å². The normalized spacial score (nSPS) is 10.1. The molecule has 2 rings (SSSR count). The van der Waals surface area contributed by atoms with Gasteiger partial charge in [-0.25, -0.2) is 15.0 Å². The molecule has 0 fully saturated rings. The maximum absolute atomic E-state index is 5.20. The molecule has 0 unspecified atom stereocenters. The van der Waals surface area contributed by atoms with E-state index in [1.807, 2.05) is 12.1 Å². The molecule has 19 heavy (non-hydrogen) atoms. The standard InChI is InChI=1S/C12H13BrN4O2/c1-18-11-9(12(19-2)17-7-16-11)6-14-8-3-4-10(13)15-5-8/h3-5,7,14H,6H2,1-2H3. The van der Waals surface area contributed by atoms with Crippen molar-refractivity contribution in [1.82, 2.24) is 15.0 Å². The molecule has 1 N–H and O–H groups in total. The summed E-state index contributed by atoms with van der Waals surface area (Å²) in [6.45, 7) is 0.483. The van der Waals surface area contributed by atoms with Gasteiger partial charge in [0.05, 0.1) is 38.2 Å². The quantitative estimate of drug-likeness (QED) is 0.851. The van der Waals surface area contributed by atoms with Crippen molar-refractivity contribution in [3.05, 3.63) is 34.8 Å². The average molecular weight is 325 g/mol. The Morgan fingerprint density at radius 2 is 1.79 bits per heavy atom. The van der Waals surface area contributed by atoms with E-state index < -0.39 is 0 Å². The van der Waals surface area contributed by atoms with E-state index in [2.05, 4.69) is 36.2 Å². The Balaban J connectivity index is 2.16. The third kappa shape index (κ3) is 3.31. The van der Waals surface area contributed by atoms with E-state index in [1.54, 1.807) is 20.4 Å². The second kappa shape index (κ2) is 6.33. The van der Waals surface area contributed by atoms with E-state index in [9.17, 15) is 0 Å². The molecule has 0 aliphatic rings. The van der Waals surface area contributed by atoms with Crippen molar-refractivity contribution in [3.8, 4) is 11.8 Å². The minimum absolute atomic E-state index is 0.483. The summed E-state index contributed by atoms with van der Waals surface area (Å²) in [5.41, 5.74) is 1.64. The number of ether oxygens (including phenoxy) is 2. The molecule has 0 amide bonds. The van der Waals surface area contributed by atoms with Crippen molar-refractivity contribution in [3.63, 3.8) is 0 Å². The number of nitrogens with one attached hydrogen (secondary N) is 1. The summed E-state index contributed by atoms with van der Waals surface area (Å²) in [5, 5.41) is 3.21. The van der Waals surface area contributed by atoms with Crippen molar-refractivity contribution in [2.24, 2.45) is 0 Å². The molecule has 100 valence electrons. The Morgan fingerprint density at radius 1 is 1.11 bits per heavy atom. The highest BCUT2D eigenvalue weighted by molar-refractivity contribution is 9.10. The van der Waals surface area contributed by atoms with Crippen molar-refractivity contribution in [2.75, 3.05) is 19.5 Å². The highest BCUT2D eigenvalue weighted by Crippen LogP contribution is 2.24. The second-order valence-corrected chi connectivity index (χ2v) is 4.41. The number of halogens is 1. The van der Waals surface area contributed by atoms with E-state index >= 15 is 0 Å². The van der Waals surface area contributed by atoms with Gasteiger partial charge in [-0.1, -0.05) is 0 Å². The molecule has 0 aliphatic carbocycles. The Morgan fingerprint density at radius 3 is 2.32 bits per heavy atom. The Bertz CT molecular complexity index is 526. The van der Waals surface area contributed by atoms with Crippen molar-refractivity contribution < 1.29 is 9.47 Å². The van der Waals surface area contributed by atoms with Gasteiger partial charge < -0.3 is 14.8 Å². The van der Waals surface area contributed by atoms with E-state index in [4.69, 9.17) is 9.47 Å². The lowest BCUT2D eigenvalue weighted by atomic mass is 10.3. The van der Waals surface area contributed by atoms with Gasteiger partial charge in [0.25, 0.3) is 0 Å². The first kappa shape index (κ1) is 13.5. The number of nitrogens with zero attached hydrogens (tertiary/aromatic N) is 3. The summed E-state index contributed by atoms with van der Waals surface area (Å²) in [6.07, 6.45) is 3.13. The van der Waals surface area contributed by atoms with Crippen LogP contribution in [0.4, 0.5) is 5.69 Å². The Labute approximate surface area is 119 Å². The minimum Gasteiger partial charge on any atom is -0.481 e. The Hall–Kier alpha value is -1.89. The van der Waals surface area contributed by atoms with Crippen molar-refractivity contribution in [1.29, 1.82) is 0 Å². The summed E-state index contributed by atoms with van der Waals surface area (Å²) in [5.74, 6) is 0.980. The van der Waals surface area contributed by atoms with Gasteiger partial charge in [0.1, 0.15) is 10.9 Å². The number of rotatable bonds is 5. The van der Waals surface area contributed by atoms with Crippen molar-refractivity contribution >= 4 is 21.6 Å². The van der Waals surface area contributed by atoms with Crippen LogP contribution in [0.3, 0.4) is 0 Å². The number of aromatic nitrogens is 3. The van der Waals surface area contributed by atoms with Gasteiger partial charge in [-0.2, -0.15) is 0 Å². The van der Waals surface area contributed by atoms with Crippen LogP contribution in [0.15, 0.2) is 29.3 Å². The zero-order valence-electron chi connectivity index (χ0n) is 10.6. The minimum atomic E-state index is 0.483. The summed E-state index contributed by atoms with van der Waals surface area (Å²) in [7, 11) is 3.12. The number of hydrogen-bond acceptors (Lipinski definition) is 6. The summed E-state index contributed by atoms with van der Waals surface area (Å²) < 4.78 is 11.2. The lowest BCUT2D eigenvalue weighted by Crippen LogP contribution is -2.06. The van der Waals surface area contributed by atoms with Gasteiger partial charge in [-0.3, -0.25) is 0 Å². The fourth-order valence-electron chi connectivity index (χ4n) is 1.55. The summed E-state index contributed by atoms with van der Waals surface area (Å²) in [6, 6.07) is 3.78. The van der Waals surface area contributed by atoms with E-state index in [1.165, 1.54) is 6.33 Å². The summed E-state index contributed by atoms with van der Waals surface area (Å²) in [4.78, 5) is 12.2. The Kier molecular flexibility index (Phi) is 4.51. The highest BCUT2D eigenvalue weighted by atomic mass is 79.9. The number of anilines is 1. The zero-order chi connectivity index (χ0) is 13.7. The van der Waals surface area contributed by atoms with E-state index in [0.717, 1.165) is 15.9 Å². The predicted octanol–water partition coefficient (Wildman–Crippen LogP) is 2.26. The molecular weight excluding hydrogens is 312 g/mol. The molecule has 0 radical (unpaired) electrons. The first-order chi connectivity index (χ1) is 9.24. The van der Waals surface area contributed by atoms with Crippen LogP contribution in [-0.4, -0.2) is 29.2 Å². The lowest BCUT2D eigenvalue weighted by Gasteiger charge is -2.12. The van der Waals surface area contributed by atoms with Crippen LogP contribution >= 0.6 is 15.9 Å². The average Bonchev–Trinajstić information content (AvgIpc) is 2.46. The molecule has 7 heteroatoms. The van der Waals surface area contributed by atoms with Crippen LogP contribution < -0.4 is 14.8 Å².